The molecule has 0 saturated carbocycles. The molecule has 0 heterocycles. The van der Waals surface area contributed by atoms with Crippen LogP contribution in [0.15, 0.2) is 0 Å². The minimum Gasteiger partial charge on any atom is -0.392 e. The summed E-state index contributed by atoms with van der Waals surface area (Å²) >= 11 is 0. The van der Waals surface area contributed by atoms with Crippen LogP contribution >= 0.6 is 0 Å². The van der Waals surface area contributed by atoms with Crippen LogP contribution in [0.2, 0.25) is 18.1 Å². The molecule has 0 spiro atoms. The second kappa shape index (κ2) is 4.77. The molecule has 1 N–H and O–H groups in total. The summed E-state index contributed by atoms with van der Waals surface area (Å²) in [6.45, 7) is 15.0. The first-order chi connectivity index (χ1) is 6.12. The SMILES string of the molecule is CCC(C)[C@H](O)O[Si](C)(C)C(C)(C)C. The van der Waals surface area contributed by atoms with Gasteiger partial charge in [-0.05, 0) is 24.6 Å². The van der Waals surface area contributed by atoms with Gasteiger partial charge < -0.3 is 9.53 Å². The Bertz CT molecular complexity index is 173. The Morgan fingerprint density at radius 1 is 1.29 bits per heavy atom. The molecule has 0 rings (SSSR count). The molecule has 0 aromatic heterocycles. The van der Waals surface area contributed by atoms with Crippen LogP contribution in [0.4, 0.5) is 0 Å². The standard InChI is InChI=1S/C11H26O2Si/c1-8-9(2)10(12)13-14(6,7)11(3,4)5/h9-10,12H,8H2,1-7H3/t9?,10-/m1/s1. The molecule has 14 heavy (non-hydrogen) atoms. The van der Waals surface area contributed by atoms with Gasteiger partial charge in [-0.15, -0.1) is 0 Å². The quantitative estimate of drug-likeness (QED) is 0.579. The zero-order valence-corrected chi connectivity index (χ0v) is 11.7. The second-order valence-electron chi connectivity index (χ2n) is 5.65. The first-order valence-corrected chi connectivity index (χ1v) is 8.38. The monoisotopic (exact) mass is 218 g/mol. The largest absolute Gasteiger partial charge is 0.392 e. The van der Waals surface area contributed by atoms with Crippen molar-refractivity contribution in [2.75, 3.05) is 0 Å². The van der Waals surface area contributed by atoms with E-state index in [1.807, 2.05) is 6.92 Å². The van der Waals surface area contributed by atoms with Crippen molar-refractivity contribution < 1.29 is 9.53 Å². The van der Waals surface area contributed by atoms with Crippen molar-refractivity contribution in [2.24, 2.45) is 5.92 Å². The van der Waals surface area contributed by atoms with Gasteiger partial charge in [0.1, 0.15) is 6.29 Å². The Balaban J connectivity index is 4.36. The van der Waals surface area contributed by atoms with Crippen molar-refractivity contribution in [3.63, 3.8) is 0 Å². The third-order valence-corrected chi connectivity index (χ3v) is 7.80. The molecule has 0 aromatic rings. The van der Waals surface area contributed by atoms with Crippen LogP contribution < -0.4 is 0 Å². The maximum absolute atomic E-state index is 9.83. The molecule has 2 atom stereocenters. The fraction of sp³-hybridized carbons (Fsp3) is 1.00. The molecule has 0 radical (unpaired) electrons. The van der Waals surface area contributed by atoms with Crippen LogP contribution in [-0.4, -0.2) is 19.7 Å². The van der Waals surface area contributed by atoms with Crippen molar-refractivity contribution in [2.45, 2.75) is 65.5 Å². The second-order valence-corrected chi connectivity index (χ2v) is 10.4. The molecule has 86 valence electrons. The summed E-state index contributed by atoms with van der Waals surface area (Å²) in [7, 11) is -1.80. The topological polar surface area (TPSA) is 29.5 Å². The number of aliphatic hydroxyl groups excluding tert-OH is 1. The van der Waals surface area contributed by atoms with Gasteiger partial charge in [0.05, 0.1) is 0 Å². The highest BCUT2D eigenvalue weighted by molar-refractivity contribution is 6.74. The fourth-order valence-corrected chi connectivity index (χ4v) is 1.99. The normalized spacial score (nSPS) is 18.0. The maximum Gasteiger partial charge on any atom is 0.195 e. The van der Waals surface area contributed by atoms with E-state index in [0.29, 0.717) is 0 Å². The minimum atomic E-state index is -1.80. The van der Waals surface area contributed by atoms with E-state index in [9.17, 15) is 5.11 Å². The highest BCUT2D eigenvalue weighted by Gasteiger charge is 2.39. The van der Waals surface area contributed by atoms with Crippen LogP contribution in [0.1, 0.15) is 41.0 Å². The third kappa shape index (κ3) is 3.71. The molecule has 0 fully saturated rings. The lowest BCUT2D eigenvalue weighted by Crippen LogP contribution is -2.45. The Hall–Kier alpha value is 0.137. The Morgan fingerprint density at radius 2 is 1.71 bits per heavy atom. The average molecular weight is 218 g/mol. The Labute approximate surface area is 89.8 Å². The van der Waals surface area contributed by atoms with E-state index >= 15 is 0 Å². The Kier molecular flexibility index (Phi) is 4.82. The van der Waals surface area contributed by atoms with Crippen LogP contribution in [0, 0.1) is 5.92 Å². The number of hydrogen-bond donors (Lipinski definition) is 1. The van der Waals surface area contributed by atoms with Crippen molar-refractivity contribution >= 4 is 8.32 Å². The van der Waals surface area contributed by atoms with E-state index in [2.05, 4.69) is 40.8 Å². The van der Waals surface area contributed by atoms with Crippen molar-refractivity contribution in [1.82, 2.24) is 0 Å². The number of rotatable bonds is 4. The molecule has 0 aliphatic rings. The predicted molar refractivity (Wildman–Crippen MR) is 63.7 cm³/mol. The minimum absolute atomic E-state index is 0.168. The molecule has 3 heteroatoms. The van der Waals surface area contributed by atoms with Gasteiger partial charge in [-0.2, -0.15) is 0 Å². The first-order valence-electron chi connectivity index (χ1n) is 5.47. The van der Waals surface area contributed by atoms with Crippen molar-refractivity contribution in [1.29, 1.82) is 0 Å². The van der Waals surface area contributed by atoms with Gasteiger partial charge >= 0.3 is 0 Å². The summed E-state index contributed by atoms with van der Waals surface area (Å²) < 4.78 is 5.85. The van der Waals surface area contributed by atoms with E-state index < -0.39 is 14.6 Å². The Morgan fingerprint density at radius 3 is 2.00 bits per heavy atom. The highest BCUT2D eigenvalue weighted by atomic mass is 28.4. The maximum atomic E-state index is 9.83. The molecule has 0 aliphatic carbocycles. The molecule has 0 aromatic carbocycles. The predicted octanol–water partition coefficient (Wildman–Crippen LogP) is 3.37. The molecular formula is C11H26O2Si. The molecule has 0 aliphatic heterocycles. The van der Waals surface area contributed by atoms with Gasteiger partial charge in [-0.3, -0.25) is 0 Å². The molecule has 2 nitrogen and oxygen atoms in total. The summed E-state index contributed by atoms with van der Waals surface area (Å²) in [4.78, 5) is 0. The van der Waals surface area contributed by atoms with Crippen molar-refractivity contribution in [3.05, 3.63) is 0 Å². The third-order valence-electron chi connectivity index (χ3n) is 3.35. The molecule has 0 amide bonds. The molecule has 0 bridgehead atoms. The van der Waals surface area contributed by atoms with E-state index in [-0.39, 0.29) is 11.0 Å². The summed E-state index contributed by atoms with van der Waals surface area (Å²) in [5, 5.41) is 10.00. The van der Waals surface area contributed by atoms with Crippen molar-refractivity contribution in [3.8, 4) is 0 Å². The summed E-state index contributed by atoms with van der Waals surface area (Å²) in [5.41, 5.74) is 0. The summed E-state index contributed by atoms with van der Waals surface area (Å²) in [6, 6.07) is 0. The lowest BCUT2D eigenvalue weighted by Gasteiger charge is -2.39. The van der Waals surface area contributed by atoms with Gasteiger partial charge in [0.2, 0.25) is 0 Å². The fourth-order valence-electron chi connectivity index (χ4n) is 0.796. The lowest BCUT2D eigenvalue weighted by molar-refractivity contribution is -0.0676. The van der Waals surface area contributed by atoms with E-state index in [4.69, 9.17) is 4.43 Å². The van der Waals surface area contributed by atoms with Crippen LogP contribution in [0.5, 0.6) is 0 Å². The van der Waals surface area contributed by atoms with E-state index in [1.54, 1.807) is 0 Å². The van der Waals surface area contributed by atoms with Crippen LogP contribution in [-0.2, 0) is 4.43 Å². The lowest BCUT2D eigenvalue weighted by atomic mass is 10.1. The zero-order valence-electron chi connectivity index (χ0n) is 10.7. The number of aliphatic hydroxyl groups is 1. The summed E-state index contributed by atoms with van der Waals surface area (Å²) in [5.74, 6) is 0.226. The van der Waals surface area contributed by atoms with Crippen LogP contribution in [0.3, 0.4) is 0 Å². The smallest absolute Gasteiger partial charge is 0.195 e. The number of hydrogen-bond acceptors (Lipinski definition) is 2. The van der Waals surface area contributed by atoms with Gasteiger partial charge in [-0.25, -0.2) is 0 Å². The molecule has 0 saturated heterocycles. The molecule has 1 unspecified atom stereocenters. The highest BCUT2D eigenvalue weighted by Crippen LogP contribution is 2.37. The molecular weight excluding hydrogens is 192 g/mol. The average Bonchev–Trinajstić information content (AvgIpc) is 2.00. The van der Waals surface area contributed by atoms with E-state index in [0.717, 1.165) is 6.42 Å². The van der Waals surface area contributed by atoms with E-state index in [1.165, 1.54) is 0 Å². The van der Waals surface area contributed by atoms with Gasteiger partial charge in [0, 0.05) is 5.92 Å². The first kappa shape index (κ1) is 14.1. The summed E-state index contributed by atoms with van der Waals surface area (Å²) in [6.07, 6.45) is 0.358. The van der Waals surface area contributed by atoms with Gasteiger partial charge in [0.25, 0.3) is 0 Å². The van der Waals surface area contributed by atoms with Gasteiger partial charge in [-0.1, -0.05) is 34.6 Å². The van der Waals surface area contributed by atoms with Crippen LogP contribution in [0.25, 0.3) is 0 Å². The zero-order chi connectivity index (χ0) is 11.6. The van der Waals surface area contributed by atoms with Gasteiger partial charge in [0.15, 0.2) is 8.32 Å².